The highest BCUT2D eigenvalue weighted by atomic mass is 35.5. The smallest absolute Gasteiger partial charge is 0.180 e. The molecular formula is C17H22ClN5S. The summed E-state index contributed by atoms with van der Waals surface area (Å²) in [7, 11) is 0. The van der Waals surface area contributed by atoms with Gasteiger partial charge in [-0.1, -0.05) is 12.1 Å². The molecule has 1 atom stereocenters. The Hall–Kier alpha value is -1.63. The molecular weight excluding hydrogens is 342 g/mol. The first-order valence-electron chi connectivity index (χ1n) is 8.15. The van der Waals surface area contributed by atoms with Gasteiger partial charge in [0, 0.05) is 24.2 Å². The minimum atomic E-state index is 0. The Morgan fingerprint density at radius 1 is 1.33 bits per heavy atom. The van der Waals surface area contributed by atoms with Crippen LogP contribution in [0.4, 0.5) is 5.13 Å². The number of nitrogen functional groups attached to an aromatic ring is 1. The number of aryl methyl sites for hydroxylation is 1. The molecule has 1 aliphatic rings. The topological polar surface area (TPSA) is 60.0 Å². The molecule has 5 nitrogen and oxygen atoms in total. The van der Waals surface area contributed by atoms with Crippen molar-refractivity contribution in [1.29, 1.82) is 0 Å². The third kappa shape index (κ3) is 3.01. The molecule has 2 N–H and O–H groups in total. The summed E-state index contributed by atoms with van der Waals surface area (Å²) in [5, 5.41) is 0.650. The number of imidazole rings is 1. The third-order valence-corrected chi connectivity index (χ3v) is 5.40. The maximum atomic E-state index is 5.77. The van der Waals surface area contributed by atoms with E-state index < -0.39 is 0 Å². The number of halogens is 1. The molecule has 0 bridgehead atoms. The minimum absolute atomic E-state index is 0. The van der Waals surface area contributed by atoms with Gasteiger partial charge in [-0.2, -0.15) is 0 Å². The van der Waals surface area contributed by atoms with Gasteiger partial charge in [0.25, 0.3) is 0 Å². The van der Waals surface area contributed by atoms with Gasteiger partial charge in [-0.05, 0) is 38.4 Å². The van der Waals surface area contributed by atoms with Crippen molar-refractivity contribution < 1.29 is 0 Å². The molecule has 1 fully saturated rings. The molecule has 2 aromatic heterocycles. The Morgan fingerprint density at radius 3 is 2.92 bits per heavy atom. The zero-order valence-electron chi connectivity index (χ0n) is 13.7. The van der Waals surface area contributed by atoms with Crippen LogP contribution in [0.5, 0.6) is 0 Å². The first kappa shape index (κ1) is 17.2. The predicted molar refractivity (Wildman–Crippen MR) is 102 cm³/mol. The average molecular weight is 364 g/mol. The Kier molecular flexibility index (Phi) is 5.08. The Morgan fingerprint density at radius 2 is 2.17 bits per heavy atom. The zero-order chi connectivity index (χ0) is 15.8. The largest absolute Gasteiger partial charge is 0.375 e. The van der Waals surface area contributed by atoms with E-state index in [1.54, 1.807) is 11.3 Å². The van der Waals surface area contributed by atoms with E-state index in [1.807, 2.05) is 6.20 Å². The number of fused-ring (bicyclic) bond motifs is 1. The van der Waals surface area contributed by atoms with Crippen molar-refractivity contribution in [2.24, 2.45) is 0 Å². The second-order valence-electron chi connectivity index (χ2n) is 6.00. The fourth-order valence-corrected chi connectivity index (χ4v) is 4.29. The normalized spacial score (nSPS) is 18.1. The number of benzene rings is 1. The number of aromatic nitrogens is 3. The highest BCUT2D eigenvalue weighted by Crippen LogP contribution is 2.35. The summed E-state index contributed by atoms with van der Waals surface area (Å²) in [5.41, 5.74) is 8.10. The summed E-state index contributed by atoms with van der Waals surface area (Å²) in [6, 6.07) is 8.80. The summed E-state index contributed by atoms with van der Waals surface area (Å²) in [4.78, 5) is 12.9. The molecule has 4 rings (SSSR count). The molecule has 0 spiro atoms. The lowest BCUT2D eigenvalue weighted by Crippen LogP contribution is -2.24. The summed E-state index contributed by atoms with van der Waals surface area (Å²) in [6.45, 7) is 5.16. The number of para-hydroxylation sites is 2. The maximum Gasteiger partial charge on any atom is 0.180 e. The fraction of sp³-hybridized carbons (Fsp3) is 0.412. The Bertz CT molecular complexity index is 827. The lowest BCUT2D eigenvalue weighted by atomic mass is 10.2. The van der Waals surface area contributed by atoms with Gasteiger partial charge in [0.1, 0.15) is 5.82 Å². The van der Waals surface area contributed by atoms with Gasteiger partial charge in [0.2, 0.25) is 0 Å². The molecule has 1 saturated heterocycles. The molecule has 1 aromatic carbocycles. The quantitative estimate of drug-likeness (QED) is 0.764. The number of hydrogen-bond donors (Lipinski definition) is 1. The van der Waals surface area contributed by atoms with Gasteiger partial charge in [0.15, 0.2) is 5.13 Å². The van der Waals surface area contributed by atoms with Gasteiger partial charge in [0.05, 0.1) is 17.1 Å². The molecule has 3 aromatic rings. The van der Waals surface area contributed by atoms with E-state index in [1.165, 1.54) is 22.6 Å². The van der Waals surface area contributed by atoms with Crippen LogP contribution >= 0.6 is 23.7 Å². The van der Waals surface area contributed by atoms with Gasteiger partial charge in [-0.15, -0.1) is 23.7 Å². The molecule has 7 heteroatoms. The molecule has 0 radical (unpaired) electrons. The minimum Gasteiger partial charge on any atom is -0.375 e. The predicted octanol–water partition coefficient (Wildman–Crippen LogP) is 3.85. The van der Waals surface area contributed by atoms with E-state index in [2.05, 4.69) is 45.6 Å². The summed E-state index contributed by atoms with van der Waals surface area (Å²) >= 11 is 1.58. The summed E-state index contributed by atoms with van der Waals surface area (Å²) in [6.07, 6.45) is 4.28. The van der Waals surface area contributed by atoms with Crippen LogP contribution in [-0.2, 0) is 13.1 Å². The van der Waals surface area contributed by atoms with Crippen LogP contribution < -0.4 is 5.73 Å². The number of rotatable bonds is 4. The summed E-state index contributed by atoms with van der Waals surface area (Å²) in [5.74, 6) is 1.20. The SMILES string of the molecule is CCn1c(C2CCCN2Cc2cnc(N)s2)nc2ccccc21.Cl. The second kappa shape index (κ2) is 7.09. The van der Waals surface area contributed by atoms with E-state index >= 15 is 0 Å². The Labute approximate surface area is 151 Å². The van der Waals surface area contributed by atoms with Crippen LogP contribution in [0.15, 0.2) is 30.5 Å². The molecule has 0 saturated carbocycles. The first-order chi connectivity index (χ1) is 11.3. The van der Waals surface area contributed by atoms with Crippen LogP contribution in [0, 0.1) is 0 Å². The van der Waals surface area contributed by atoms with Crippen molar-refractivity contribution in [2.45, 2.75) is 38.9 Å². The number of nitrogens with zero attached hydrogens (tertiary/aromatic N) is 4. The van der Waals surface area contributed by atoms with Crippen molar-refractivity contribution in [2.75, 3.05) is 12.3 Å². The van der Waals surface area contributed by atoms with Gasteiger partial charge >= 0.3 is 0 Å². The first-order valence-corrected chi connectivity index (χ1v) is 8.97. The van der Waals surface area contributed by atoms with Crippen LogP contribution in [0.1, 0.15) is 36.5 Å². The highest BCUT2D eigenvalue weighted by Gasteiger charge is 2.30. The number of nitrogens with two attached hydrogens (primary N) is 1. The third-order valence-electron chi connectivity index (χ3n) is 4.59. The second-order valence-corrected chi connectivity index (χ2v) is 7.14. The molecule has 1 unspecified atom stereocenters. The van der Waals surface area contributed by atoms with Gasteiger partial charge < -0.3 is 10.3 Å². The monoisotopic (exact) mass is 363 g/mol. The van der Waals surface area contributed by atoms with Crippen molar-refractivity contribution in [3.8, 4) is 0 Å². The molecule has 128 valence electrons. The lowest BCUT2D eigenvalue weighted by Gasteiger charge is -2.24. The Balaban J connectivity index is 0.00000169. The van der Waals surface area contributed by atoms with E-state index in [0.717, 1.165) is 31.6 Å². The van der Waals surface area contributed by atoms with Crippen LogP contribution in [0.2, 0.25) is 0 Å². The van der Waals surface area contributed by atoms with E-state index in [-0.39, 0.29) is 12.4 Å². The van der Waals surface area contributed by atoms with Gasteiger partial charge in [-0.3, -0.25) is 4.90 Å². The van der Waals surface area contributed by atoms with Crippen LogP contribution in [0.25, 0.3) is 11.0 Å². The van der Waals surface area contributed by atoms with E-state index in [0.29, 0.717) is 11.2 Å². The van der Waals surface area contributed by atoms with Crippen LogP contribution in [0.3, 0.4) is 0 Å². The van der Waals surface area contributed by atoms with Crippen LogP contribution in [-0.4, -0.2) is 26.0 Å². The molecule has 24 heavy (non-hydrogen) atoms. The number of thiazole rings is 1. The van der Waals surface area contributed by atoms with Gasteiger partial charge in [-0.25, -0.2) is 9.97 Å². The fourth-order valence-electron chi connectivity index (χ4n) is 3.58. The number of hydrogen-bond acceptors (Lipinski definition) is 5. The highest BCUT2D eigenvalue weighted by molar-refractivity contribution is 7.15. The standard InChI is InChI=1S/C17H21N5S.ClH/c1-2-22-14-7-4-3-6-13(14)20-16(22)15-8-5-9-21(15)11-12-10-19-17(18)23-12;/h3-4,6-7,10,15H,2,5,8-9,11H2,1H3,(H2,18,19);1H. The van der Waals surface area contributed by atoms with Crippen molar-refractivity contribution in [3.05, 3.63) is 41.2 Å². The van der Waals surface area contributed by atoms with E-state index in [4.69, 9.17) is 10.7 Å². The molecule has 3 heterocycles. The van der Waals surface area contributed by atoms with Crippen molar-refractivity contribution >= 4 is 39.9 Å². The van der Waals surface area contributed by atoms with E-state index in [9.17, 15) is 0 Å². The van der Waals surface area contributed by atoms with Crippen molar-refractivity contribution in [1.82, 2.24) is 19.4 Å². The van der Waals surface area contributed by atoms with Crippen molar-refractivity contribution in [3.63, 3.8) is 0 Å². The molecule has 0 aliphatic carbocycles. The average Bonchev–Trinajstić information content (AvgIpc) is 3.25. The zero-order valence-corrected chi connectivity index (χ0v) is 15.3. The number of anilines is 1. The molecule has 0 amide bonds. The molecule has 1 aliphatic heterocycles. The summed E-state index contributed by atoms with van der Waals surface area (Å²) < 4.78 is 2.36. The number of likely N-dealkylation sites (tertiary alicyclic amines) is 1. The lowest BCUT2D eigenvalue weighted by molar-refractivity contribution is 0.238. The maximum absolute atomic E-state index is 5.77.